The highest BCUT2D eigenvalue weighted by Gasteiger charge is 2.53. The Labute approximate surface area is 158 Å². The third-order valence-corrected chi connectivity index (χ3v) is 7.88. The fourth-order valence-corrected chi connectivity index (χ4v) is 6.01. The molecule has 5 rings (SSSR count). The van der Waals surface area contributed by atoms with E-state index in [9.17, 15) is 9.59 Å². The van der Waals surface area contributed by atoms with Gasteiger partial charge in [-0.05, 0) is 73.8 Å². The summed E-state index contributed by atoms with van der Waals surface area (Å²) in [4.78, 5) is 31.2. The van der Waals surface area contributed by atoms with Crippen molar-refractivity contribution in [2.24, 2.45) is 11.8 Å². The van der Waals surface area contributed by atoms with Gasteiger partial charge in [0.1, 0.15) is 5.54 Å². The highest BCUT2D eigenvalue weighted by Crippen LogP contribution is 2.48. The molecule has 26 heavy (non-hydrogen) atoms. The fourth-order valence-electron chi connectivity index (χ4n) is 5.10. The lowest BCUT2D eigenvalue weighted by Crippen LogP contribution is -2.50. The molecule has 2 aliphatic carbocycles. The van der Waals surface area contributed by atoms with E-state index in [1.54, 1.807) is 0 Å². The Morgan fingerprint density at radius 1 is 1.23 bits per heavy atom. The maximum absolute atomic E-state index is 13.2. The SMILES string of the molecule is CC1CCC2(CC1)NC(=O)N(CN1CCc3sccc3[C@@H]1C1CC1)C2=O. The normalized spacial score (nSPS) is 35.0. The van der Waals surface area contributed by atoms with Gasteiger partial charge in [0.05, 0.1) is 6.67 Å². The van der Waals surface area contributed by atoms with E-state index >= 15 is 0 Å². The third kappa shape index (κ3) is 2.61. The number of fused-ring (bicyclic) bond motifs is 1. The summed E-state index contributed by atoms with van der Waals surface area (Å²) in [6.45, 7) is 3.62. The minimum absolute atomic E-state index is 0.0139. The number of hydrogen-bond acceptors (Lipinski definition) is 4. The minimum Gasteiger partial charge on any atom is -0.323 e. The Balaban J connectivity index is 1.36. The number of rotatable bonds is 3. The van der Waals surface area contributed by atoms with Gasteiger partial charge in [-0.3, -0.25) is 9.69 Å². The molecule has 0 unspecified atom stereocenters. The number of amides is 3. The zero-order chi connectivity index (χ0) is 17.9. The maximum Gasteiger partial charge on any atom is 0.326 e. The van der Waals surface area contributed by atoms with Crippen LogP contribution >= 0.6 is 11.3 Å². The Morgan fingerprint density at radius 3 is 2.73 bits per heavy atom. The van der Waals surface area contributed by atoms with Crippen LogP contribution in [-0.4, -0.2) is 40.5 Å². The Kier molecular flexibility index (Phi) is 3.90. The first-order valence-electron chi connectivity index (χ1n) is 10.0. The van der Waals surface area contributed by atoms with Crippen LogP contribution in [0, 0.1) is 11.8 Å². The molecule has 1 atom stereocenters. The first-order valence-corrected chi connectivity index (χ1v) is 10.9. The second-order valence-corrected chi connectivity index (χ2v) is 9.71. The number of carbonyl (C=O) groups is 2. The summed E-state index contributed by atoms with van der Waals surface area (Å²) >= 11 is 1.85. The Bertz CT molecular complexity index is 733. The van der Waals surface area contributed by atoms with Crippen LogP contribution < -0.4 is 5.32 Å². The molecular weight excluding hydrogens is 346 g/mol. The Hall–Kier alpha value is -1.40. The van der Waals surface area contributed by atoms with Crippen molar-refractivity contribution in [3.05, 3.63) is 21.9 Å². The van der Waals surface area contributed by atoms with Gasteiger partial charge in [0.25, 0.3) is 5.91 Å². The molecule has 2 saturated carbocycles. The van der Waals surface area contributed by atoms with Crippen molar-refractivity contribution in [3.8, 4) is 0 Å². The van der Waals surface area contributed by atoms with Gasteiger partial charge < -0.3 is 5.32 Å². The van der Waals surface area contributed by atoms with Crippen LogP contribution in [0.1, 0.15) is 61.9 Å². The Morgan fingerprint density at radius 2 is 2.00 bits per heavy atom. The summed E-state index contributed by atoms with van der Waals surface area (Å²) in [5.74, 6) is 1.35. The lowest BCUT2D eigenvalue weighted by molar-refractivity contribution is -0.134. The molecule has 6 heteroatoms. The standard InChI is InChI=1S/C20H27N3O2S/c1-13-4-8-20(9-5-13)18(24)23(19(25)21-20)12-22-10-6-16-15(7-11-26-16)17(22)14-2-3-14/h7,11,13-14,17H,2-6,8-10,12H2,1H3,(H,21,25)/t13?,17-,20?/m0/s1. The third-order valence-electron chi connectivity index (χ3n) is 6.88. The summed E-state index contributed by atoms with van der Waals surface area (Å²) in [6, 6.07) is 2.45. The van der Waals surface area contributed by atoms with Gasteiger partial charge >= 0.3 is 6.03 Å². The average Bonchev–Trinajstić information content (AvgIpc) is 3.31. The van der Waals surface area contributed by atoms with Gasteiger partial charge in [-0.15, -0.1) is 11.3 Å². The van der Waals surface area contributed by atoms with Gasteiger partial charge in [-0.2, -0.15) is 0 Å². The van der Waals surface area contributed by atoms with Crippen molar-refractivity contribution in [3.63, 3.8) is 0 Å². The zero-order valence-electron chi connectivity index (χ0n) is 15.4. The van der Waals surface area contributed by atoms with Gasteiger partial charge in [-0.25, -0.2) is 9.69 Å². The molecule has 1 aromatic heterocycles. The molecule has 1 N–H and O–H groups in total. The van der Waals surface area contributed by atoms with Crippen LogP contribution in [-0.2, 0) is 11.2 Å². The van der Waals surface area contributed by atoms with E-state index in [0.717, 1.165) is 38.6 Å². The molecule has 0 bridgehead atoms. The lowest BCUT2D eigenvalue weighted by atomic mass is 9.77. The summed E-state index contributed by atoms with van der Waals surface area (Å²) in [5, 5.41) is 5.26. The van der Waals surface area contributed by atoms with Gasteiger partial charge in [0.15, 0.2) is 0 Å². The molecule has 0 radical (unpaired) electrons. The van der Waals surface area contributed by atoms with Crippen molar-refractivity contribution < 1.29 is 9.59 Å². The van der Waals surface area contributed by atoms with E-state index in [0.29, 0.717) is 24.5 Å². The number of nitrogens with zero attached hydrogens (tertiary/aromatic N) is 2. The highest BCUT2D eigenvalue weighted by atomic mass is 32.1. The van der Waals surface area contributed by atoms with E-state index in [-0.39, 0.29) is 11.9 Å². The highest BCUT2D eigenvalue weighted by molar-refractivity contribution is 7.10. The molecule has 140 valence electrons. The van der Waals surface area contributed by atoms with E-state index in [1.807, 2.05) is 11.3 Å². The maximum atomic E-state index is 13.2. The van der Waals surface area contributed by atoms with Crippen molar-refractivity contribution in [2.75, 3.05) is 13.2 Å². The van der Waals surface area contributed by atoms with Gasteiger partial charge in [0.2, 0.25) is 0 Å². The lowest BCUT2D eigenvalue weighted by Gasteiger charge is -2.38. The molecule has 2 aliphatic heterocycles. The zero-order valence-corrected chi connectivity index (χ0v) is 16.2. The van der Waals surface area contributed by atoms with Crippen molar-refractivity contribution >= 4 is 23.3 Å². The average molecular weight is 374 g/mol. The summed E-state index contributed by atoms with van der Waals surface area (Å²) in [7, 11) is 0. The van der Waals surface area contributed by atoms with E-state index in [1.165, 1.54) is 28.2 Å². The molecule has 1 aromatic rings. The molecule has 0 aromatic carbocycles. The predicted octanol–water partition coefficient (Wildman–Crippen LogP) is 3.52. The van der Waals surface area contributed by atoms with Crippen LogP contribution in [0.25, 0.3) is 0 Å². The second kappa shape index (κ2) is 6.06. The predicted molar refractivity (Wildman–Crippen MR) is 101 cm³/mol. The summed E-state index contributed by atoms with van der Waals surface area (Å²) < 4.78 is 0. The summed E-state index contributed by atoms with van der Waals surface area (Å²) in [5.41, 5.74) is 0.819. The van der Waals surface area contributed by atoms with Crippen molar-refractivity contribution in [2.45, 2.75) is 63.5 Å². The second-order valence-electron chi connectivity index (χ2n) is 8.71. The smallest absolute Gasteiger partial charge is 0.323 e. The molecule has 3 heterocycles. The molecule has 3 amide bonds. The van der Waals surface area contributed by atoms with Crippen molar-refractivity contribution in [1.82, 2.24) is 15.1 Å². The number of hydrogen-bond donors (Lipinski definition) is 1. The number of nitrogens with one attached hydrogen (secondary N) is 1. The minimum atomic E-state index is -0.623. The molecule has 1 saturated heterocycles. The van der Waals surface area contributed by atoms with Crippen LogP contribution in [0.2, 0.25) is 0 Å². The van der Waals surface area contributed by atoms with Crippen LogP contribution in [0.5, 0.6) is 0 Å². The van der Waals surface area contributed by atoms with Gasteiger partial charge in [-0.1, -0.05) is 6.92 Å². The largest absolute Gasteiger partial charge is 0.326 e. The number of carbonyl (C=O) groups excluding carboxylic acids is 2. The first-order chi connectivity index (χ1) is 12.6. The fraction of sp³-hybridized carbons (Fsp3) is 0.700. The molecule has 4 aliphatic rings. The number of thiophene rings is 1. The van der Waals surface area contributed by atoms with Gasteiger partial charge in [0, 0.05) is 17.5 Å². The monoisotopic (exact) mass is 373 g/mol. The van der Waals surface area contributed by atoms with Crippen LogP contribution in [0.3, 0.4) is 0 Å². The molecule has 3 fully saturated rings. The molecule has 5 nitrogen and oxygen atoms in total. The van der Waals surface area contributed by atoms with E-state index in [4.69, 9.17) is 0 Å². The number of imide groups is 1. The van der Waals surface area contributed by atoms with Crippen LogP contribution in [0.4, 0.5) is 4.79 Å². The number of urea groups is 1. The summed E-state index contributed by atoms with van der Waals surface area (Å²) in [6.07, 6.45) is 7.17. The van der Waals surface area contributed by atoms with Crippen molar-refractivity contribution in [1.29, 1.82) is 0 Å². The first kappa shape index (κ1) is 16.8. The van der Waals surface area contributed by atoms with E-state index in [2.05, 4.69) is 28.6 Å². The molecular formula is C20H27N3O2S. The molecule has 1 spiro atoms. The topological polar surface area (TPSA) is 52.7 Å². The van der Waals surface area contributed by atoms with E-state index < -0.39 is 5.54 Å². The quantitative estimate of drug-likeness (QED) is 0.825. The van der Waals surface area contributed by atoms with Crippen LogP contribution in [0.15, 0.2) is 11.4 Å².